The second-order valence-corrected chi connectivity index (χ2v) is 8.58. The van der Waals surface area contributed by atoms with Crippen molar-refractivity contribution in [3.05, 3.63) is 15.9 Å². The molecule has 2 heterocycles. The number of thiophene rings is 1. The van der Waals surface area contributed by atoms with E-state index in [9.17, 15) is 8.42 Å². The van der Waals surface area contributed by atoms with E-state index in [1.165, 1.54) is 11.3 Å². The monoisotopic (exact) mass is 338 g/mol. The second kappa shape index (κ2) is 5.36. The van der Waals surface area contributed by atoms with Crippen molar-refractivity contribution in [2.24, 2.45) is 0 Å². The van der Waals surface area contributed by atoms with Crippen LogP contribution in [0.1, 0.15) is 19.8 Å². The maximum atomic E-state index is 12.1. The lowest BCUT2D eigenvalue weighted by Gasteiger charge is -2.30. The molecule has 2 atom stereocenters. The van der Waals surface area contributed by atoms with E-state index in [1.807, 2.05) is 6.92 Å². The molecule has 4 nitrogen and oxygen atoms in total. The van der Waals surface area contributed by atoms with Gasteiger partial charge in [-0.15, -0.1) is 11.3 Å². The molecule has 1 saturated heterocycles. The Bertz CT molecular complexity index is 486. The van der Waals surface area contributed by atoms with Crippen LogP contribution in [0.5, 0.6) is 0 Å². The third-order valence-electron chi connectivity index (χ3n) is 2.88. The van der Waals surface area contributed by atoms with Gasteiger partial charge in [-0.2, -0.15) is 0 Å². The smallest absolute Gasteiger partial charge is 0.250 e. The first-order chi connectivity index (χ1) is 7.99. The van der Waals surface area contributed by atoms with Gasteiger partial charge in [0.25, 0.3) is 0 Å². The van der Waals surface area contributed by atoms with Gasteiger partial charge in [0.15, 0.2) is 0 Å². The zero-order valence-corrected chi connectivity index (χ0v) is 12.7. The number of hydrogen-bond acceptors (Lipinski definition) is 4. The first-order valence-corrected chi connectivity index (χ1v) is 8.59. The van der Waals surface area contributed by atoms with Gasteiger partial charge < -0.3 is 5.32 Å². The van der Waals surface area contributed by atoms with Crippen LogP contribution in [0.15, 0.2) is 20.1 Å². The Kier molecular flexibility index (Phi) is 4.25. The lowest BCUT2D eigenvalue weighted by Crippen LogP contribution is -2.51. The molecule has 96 valence electrons. The zero-order chi connectivity index (χ0) is 12.5. The van der Waals surface area contributed by atoms with Crippen molar-refractivity contribution in [2.75, 3.05) is 6.54 Å². The summed E-state index contributed by atoms with van der Waals surface area (Å²) in [7, 11) is -3.37. The summed E-state index contributed by atoms with van der Waals surface area (Å²) in [5.74, 6) is 0. The minimum absolute atomic E-state index is 0.0189. The van der Waals surface area contributed by atoms with Gasteiger partial charge in [-0.1, -0.05) is 0 Å². The van der Waals surface area contributed by atoms with E-state index in [0.717, 1.165) is 23.2 Å². The van der Waals surface area contributed by atoms with E-state index in [4.69, 9.17) is 0 Å². The molecule has 2 N–H and O–H groups in total. The third kappa shape index (κ3) is 3.29. The molecule has 1 aliphatic heterocycles. The Morgan fingerprint density at radius 3 is 2.88 bits per heavy atom. The fourth-order valence-electron chi connectivity index (χ4n) is 1.90. The average Bonchev–Trinajstić information content (AvgIpc) is 2.69. The second-order valence-electron chi connectivity index (χ2n) is 4.17. The van der Waals surface area contributed by atoms with Gasteiger partial charge in [-0.25, -0.2) is 13.1 Å². The quantitative estimate of drug-likeness (QED) is 0.885. The number of piperidine rings is 1. The molecule has 1 aliphatic rings. The number of rotatable bonds is 3. The zero-order valence-electron chi connectivity index (χ0n) is 9.44. The standard InChI is InChI=1S/C10H15BrN2O2S2/c1-7-8(3-2-6-12-7)13-17(14,15)10-5-4-9(11)16-10/h4-5,7-8,12-13H,2-3,6H2,1H3. The number of hydrogen-bond donors (Lipinski definition) is 2. The Morgan fingerprint density at radius 2 is 2.29 bits per heavy atom. The molecule has 1 aromatic heterocycles. The first-order valence-electron chi connectivity index (χ1n) is 5.50. The van der Waals surface area contributed by atoms with Gasteiger partial charge in [-0.05, 0) is 54.4 Å². The van der Waals surface area contributed by atoms with Gasteiger partial charge in [0, 0.05) is 12.1 Å². The van der Waals surface area contributed by atoms with Gasteiger partial charge in [0.05, 0.1) is 3.79 Å². The van der Waals surface area contributed by atoms with Crippen LogP contribution < -0.4 is 10.0 Å². The molecule has 0 radical (unpaired) electrons. The number of halogens is 1. The highest BCUT2D eigenvalue weighted by atomic mass is 79.9. The summed E-state index contributed by atoms with van der Waals surface area (Å²) >= 11 is 4.51. The Hall–Kier alpha value is 0.0500. The van der Waals surface area contributed by atoms with Crippen LogP contribution in [0.25, 0.3) is 0 Å². The summed E-state index contributed by atoms with van der Waals surface area (Å²) in [5.41, 5.74) is 0. The van der Waals surface area contributed by atoms with Crippen LogP contribution in [0.3, 0.4) is 0 Å². The Balaban J connectivity index is 2.11. The lowest BCUT2D eigenvalue weighted by molar-refractivity contribution is 0.349. The summed E-state index contributed by atoms with van der Waals surface area (Å²) in [4.78, 5) is 0. The van der Waals surface area contributed by atoms with Crippen molar-refractivity contribution in [1.82, 2.24) is 10.0 Å². The molecular formula is C10H15BrN2O2S2. The summed E-state index contributed by atoms with van der Waals surface area (Å²) in [5, 5.41) is 3.28. The highest BCUT2D eigenvalue weighted by Gasteiger charge is 2.27. The molecule has 1 fully saturated rings. The molecule has 0 spiro atoms. The van der Waals surface area contributed by atoms with E-state index < -0.39 is 10.0 Å². The normalized spacial score (nSPS) is 26.0. The summed E-state index contributed by atoms with van der Waals surface area (Å²) < 4.78 is 28.2. The number of nitrogens with one attached hydrogen (secondary N) is 2. The van der Waals surface area contributed by atoms with Crippen molar-refractivity contribution in [2.45, 2.75) is 36.1 Å². The lowest BCUT2D eigenvalue weighted by atomic mass is 10.0. The highest BCUT2D eigenvalue weighted by Crippen LogP contribution is 2.26. The van der Waals surface area contributed by atoms with Crippen molar-refractivity contribution < 1.29 is 8.42 Å². The van der Waals surface area contributed by atoms with E-state index in [1.54, 1.807) is 12.1 Å². The highest BCUT2D eigenvalue weighted by molar-refractivity contribution is 9.11. The first kappa shape index (κ1) is 13.5. The Morgan fingerprint density at radius 1 is 1.53 bits per heavy atom. The van der Waals surface area contributed by atoms with Crippen LogP contribution in [-0.4, -0.2) is 27.0 Å². The van der Waals surface area contributed by atoms with Crippen LogP contribution >= 0.6 is 27.3 Å². The summed E-state index contributed by atoms with van der Waals surface area (Å²) in [6, 6.07) is 3.54. The van der Waals surface area contributed by atoms with Gasteiger partial charge in [0.2, 0.25) is 10.0 Å². The Labute approximate surface area is 114 Å². The molecule has 0 amide bonds. The maximum absolute atomic E-state index is 12.1. The molecule has 0 bridgehead atoms. The van der Waals surface area contributed by atoms with Gasteiger partial charge in [-0.3, -0.25) is 0 Å². The van der Waals surface area contributed by atoms with E-state index >= 15 is 0 Å². The molecule has 0 aromatic carbocycles. The molecule has 2 unspecified atom stereocenters. The molecule has 2 rings (SSSR count). The van der Waals surface area contributed by atoms with Crippen molar-refractivity contribution >= 4 is 37.3 Å². The van der Waals surface area contributed by atoms with Crippen molar-refractivity contribution in [1.29, 1.82) is 0 Å². The largest absolute Gasteiger partial charge is 0.313 e. The van der Waals surface area contributed by atoms with Gasteiger partial charge >= 0.3 is 0 Å². The van der Waals surface area contributed by atoms with Crippen molar-refractivity contribution in [3.8, 4) is 0 Å². The topological polar surface area (TPSA) is 58.2 Å². The molecule has 17 heavy (non-hydrogen) atoms. The molecule has 0 saturated carbocycles. The van der Waals surface area contributed by atoms with E-state index in [-0.39, 0.29) is 12.1 Å². The van der Waals surface area contributed by atoms with E-state index in [0.29, 0.717) is 4.21 Å². The van der Waals surface area contributed by atoms with Crippen molar-refractivity contribution in [3.63, 3.8) is 0 Å². The van der Waals surface area contributed by atoms with Crippen LogP contribution in [0.2, 0.25) is 0 Å². The predicted octanol–water partition coefficient (Wildman–Crippen LogP) is 1.93. The van der Waals surface area contributed by atoms with Crippen LogP contribution in [-0.2, 0) is 10.0 Å². The summed E-state index contributed by atoms with van der Waals surface area (Å²) in [6.45, 7) is 2.97. The third-order valence-corrected chi connectivity index (χ3v) is 6.49. The maximum Gasteiger partial charge on any atom is 0.250 e. The molecule has 0 aliphatic carbocycles. The molecular weight excluding hydrogens is 324 g/mol. The SMILES string of the molecule is CC1NCCCC1NS(=O)(=O)c1ccc(Br)s1. The van der Waals surface area contributed by atoms with Gasteiger partial charge in [0.1, 0.15) is 4.21 Å². The molecule has 1 aromatic rings. The number of sulfonamides is 1. The minimum Gasteiger partial charge on any atom is -0.313 e. The molecule has 7 heteroatoms. The van der Waals surface area contributed by atoms with E-state index in [2.05, 4.69) is 26.0 Å². The predicted molar refractivity (Wildman–Crippen MR) is 72.8 cm³/mol. The summed E-state index contributed by atoms with van der Waals surface area (Å²) in [6.07, 6.45) is 1.89. The average molecular weight is 339 g/mol. The fraction of sp³-hybridized carbons (Fsp3) is 0.600. The van der Waals surface area contributed by atoms with Crippen LogP contribution in [0.4, 0.5) is 0 Å². The minimum atomic E-state index is -3.37. The fourth-order valence-corrected chi connectivity index (χ4v) is 5.28. The van der Waals surface area contributed by atoms with Crippen LogP contribution in [0, 0.1) is 0 Å².